The third kappa shape index (κ3) is 12.9. The zero-order valence-electron chi connectivity index (χ0n) is 36.5. The Morgan fingerprint density at radius 2 is 1.12 bits per heavy atom. The number of aliphatic hydroxyl groups is 2. The molecule has 20 heteroatoms. The van der Waals surface area contributed by atoms with Crippen LogP contribution in [0, 0.1) is 0 Å². The predicted molar refractivity (Wildman–Crippen MR) is 229 cm³/mol. The highest BCUT2D eigenvalue weighted by Gasteiger charge is 2.54. The maximum Gasteiger partial charge on any atom is 0.331 e. The van der Waals surface area contributed by atoms with Crippen molar-refractivity contribution < 1.29 is 76.9 Å². The van der Waals surface area contributed by atoms with Gasteiger partial charge in [-0.05, 0) is 43.5 Å². The van der Waals surface area contributed by atoms with Crippen LogP contribution in [0.15, 0.2) is 91.0 Å². The van der Waals surface area contributed by atoms with E-state index in [1.807, 2.05) is 30.3 Å². The van der Waals surface area contributed by atoms with Crippen LogP contribution >= 0.6 is 0 Å². The second kappa shape index (κ2) is 24.6. The van der Waals surface area contributed by atoms with Crippen LogP contribution in [0.3, 0.4) is 0 Å². The average molecular weight is 921 g/mol. The number of hydrogen-bond donors (Lipinski definition) is 6. The molecule has 0 aliphatic carbocycles. The van der Waals surface area contributed by atoms with Gasteiger partial charge in [-0.1, -0.05) is 66.7 Å². The molecule has 356 valence electrons. The van der Waals surface area contributed by atoms with Crippen LogP contribution in [0.4, 0.5) is 0 Å². The normalized spacial score (nSPS) is 27.0. The van der Waals surface area contributed by atoms with Gasteiger partial charge in [0.15, 0.2) is 18.5 Å². The van der Waals surface area contributed by atoms with Crippen molar-refractivity contribution in [2.75, 3.05) is 53.7 Å². The maximum absolute atomic E-state index is 14.0. The highest BCUT2D eigenvalue weighted by Crippen LogP contribution is 2.36. The number of esters is 2. The van der Waals surface area contributed by atoms with Gasteiger partial charge in [-0.3, -0.25) is 19.2 Å². The summed E-state index contributed by atoms with van der Waals surface area (Å²) in [7, 11) is 2.36. The fraction of sp³-hybridized carbons (Fsp3) is 0.478. The molecule has 3 aromatic rings. The average Bonchev–Trinajstić information content (AvgIpc) is 3.35. The van der Waals surface area contributed by atoms with Crippen LogP contribution in [0.5, 0.6) is 0 Å². The first-order valence-electron chi connectivity index (χ1n) is 21.6. The molecule has 3 saturated heterocycles. The molecule has 0 saturated carbocycles. The number of rotatable bonds is 20. The first kappa shape index (κ1) is 49.6. The molecule has 0 radical (unpaired) electrons. The number of ether oxygens (including phenoxy) is 8. The molecule has 4 amide bonds. The summed E-state index contributed by atoms with van der Waals surface area (Å²) in [6, 6.07) is 23.2. The van der Waals surface area contributed by atoms with Crippen LogP contribution in [0.25, 0.3) is 0 Å². The van der Waals surface area contributed by atoms with E-state index in [1.165, 1.54) is 7.11 Å². The van der Waals surface area contributed by atoms with Gasteiger partial charge in [0, 0.05) is 29.8 Å². The van der Waals surface area contributed by atoms with Crippen LogP contribution < -0.4 is 21.3 Å². The highest BCUT2D eigenvalue weighted by molar-refractivity contribution is 5.96. The summed E-state index contributed by atoms with van der Waals surface area (Å²) in [5, 5.41) is 32.2. The molecule has 0 bridgehead atoms. The minimum atomic E-state index is -1.54. The fourth-order valence-electron chi connectivity index (χ4n) is 7.80. The van der Waals surface area contributed by atoms with Gasteiger partial charge in [0.1, 0.15) is 49.8 Å². The molecule has 3 aromatic carbocycles. The Morgan fingerprint density at radius 1 is 0.636 bits per heavy atom. The lowest BCUT2D eigenvalue weighted by Crippen LogP contribution is -2.69. The van der Waals surface area contributed by atoms with Gasteiger partial charge >= 0.3 is 11.9 Å². The van der Waals surface area contributed by atoms with E-state index in [9.17, 15) is 39.0 Å². The molecule has 5 unspecified atom stereocenters. The number of methoxy groups -OCH3 is 2. The summed E-state index contributed by atoms with van der Waals surface area (Å²) in [6.07, 6.45) is -9.16. The Balaban J connectivity index is 1.08. The van der Waals surface area contributed by atoms with Gasteiger partial charge < -0.3 is 69.4 Å². The maximum atomic E-state index is 14.0. The minimum absolute atomic E-state index is 0.00557. The molecular formula is C46H56N4O16. The van der Waals surface area contributed by atoms with E-state index < -0.39 is 123 Å². The van der Waals surface area contributed by atoms with Crippen molar-refractivity contribution in [1.82, 2.24) is 21.3 Å². The molecule has 6 N–H and O–H groups in total. The molecule has 11 atom stereocenters. The summed E-state index contributed by atoms with van der Waals surface area (Å²) >= 11 is 0. The molecule has 3 aliphatic heterocycles. The van der Waals surface area contributed by atoms with Gasteiger partial charge in [-0.2, -0.15) is 0 Å². The van der Waals surface area contributed by atoms with E-state index in [4.69, 9.17) is 33.2 Å². The topological polar surface area (TPSA) is 265 Å². The quantitative estimate of drug-likeness (QED) is 0.0649. The Morgan fingerprint density at radius 3 is 1.64 bits per heavy atom. The lowest BCUT2D eigenvalue weighted by molar-refractivity contribution is -0.315. The largest absolute Gasteiger partial charge is 0.467 e. The smallest absolute Gasteiger partial charge is 0.331 e. The van der Waals surface area contributed by atoms with Crippen molar-refractivity contribution >= 4 is 35.6 Å². The molecule has 3 aliphatic rings. The number of carbonyl (C=O) groups excluding carboxylic acids is 6. The van der Waals surface area contributed by atoms with Gasteiger partial charge in [0.25, 0.3) is 23.6 Å². The molecule has 0 aromatic heterocycles. The van der Waals surface area contributed by atoms with Crippen molar-refractivity contribution in [3.63, 3.8) is 0 Å². The first-order chi connectivity index (χ1) is 32.0. The summed E-state index contributed by atoms with van der Waals surface area (Å²) in [4.78, 5) is 78.8. The van der Waals surface area contributed by atoms with Gasteiger partial charge in [-0.15, -0.1) is 0 Å². The molecule has 6 rings (SSSR count). The van der Waals surface area contributed by atoms with Crippen molar-refractivity contribution in [3.8, 4) is 0 Å². The van der Waals surface area contributed by atoms with Crippen molar-refractivity contribution in [3.05, 3.63) is 108 Å². The standard InChI is InChI=1S/C46H56N4O16/c1-59-32(52)25-61-38-34(49-42(55)27-15-7-3-8-16-27)40(64-30(23-51)36(38)54)44(57)47-21-13-6-14-22-48-45(58)41-35(50-43(56)28-17-9-4-10-18-28)39(62-26-33(53)60-2)37-31(65-41)24-63-46(66-37)29-19-11-5-12-20-29/h3-5,7-12,15-20,30-31,34-41,46,51,54H,6,13-14,21-26H2,1-2H3,(H,47,57)(H,48,58)(H,49,55)(H,50,56)/t30-,31?,34?,35?,36-,37-,38?,39+,40+,41+,46?/m0/s1. The predicted octanol–water partition coefficient (Wildman–Crippen LogP) is 0.105. The number of nitrogens with one attached hydrogen (secondary N) is 4. The van der Waals surface area contributed by atoms with E-state index in [0.29, 0.717) is 24.8 Å². The number of benzene rings is 3. The monoisotopic (exact) mass is 920 g/mol. The summed E-state index contributed by atoms with van der Waals surface area (Å²) in [6.45, 7) is -1.50. The Hall–Kier alpha value is -5.84. The highest BCUT2D eigenvalue weighted by atomic mass is 16.7. The van der Waals surface area contributed by atoms with Crippen molar-refractivity contribution in [2.45, 2.75) is 86.5 Å². The Labute approximate surface area is 380 Å². The second-order valence-electron chi connectivity index (χ2n) is 15.6. The Bertz CT molecular complexity index is 2070. The SMILES string of the molecule is COC(=O)COC1C(NC(=O)c2ccccc2)[C@H](C(=O)NCCCCCNC(=O)[C@@H]2OC3COC(c4ccccc4)O[C@@H]3[C@H](OCC(=O)OC)C2NC(=O)c2ccccc2)O[C@@H](CO)[C@@H]1O. The first-order valence-corrected chi connectivity index (χ1v) is 21.6. The van der Waals surface area contributed by atoms with Crippen molar-refractivity contribution in [1.29, 1.82) is 0 Å². The van der Waals surface area contributed by atoms with E-state index in [2.05, 4.69) is 26.0 Å². The lowest BCUT2D eigenvalue weighted by Gasteiger charge is -2.49. The molecular weight excluding hydrogens is 865 g/mol. The number of unbranched alkanes of at least 4 members (excludes halogenated alkanes) is 2. The van der Waals surface area contributed by atoms with E-state index in [1.54, 1.807) is 60.7 Å². The summed E-state index contributed by atoms with van der Waals surface area (Å²) in [5.41, 5.74) is 1.28. The number of fused-ring (bicyclic) bond motifs is 1. The lowest BCUT2D eigenvalue weighted by atomic mass is 9.90. The van der Waals surface area contributed by atoms with E-state index >= 15 is 0 Å². The van der Waals surface area contributed by atoms with Gasteiger partial charge in [0.2, 0.25) is 0 Å². The van der Waals surface area contributed by atoms with E-state index in [0.717, 1.165) is 12.7 Å². The van der Waals surface area contributed by atoms with Gasteiger partial charge in [0.05, 0.1) is 39.5 Å². The Kier molecular flexibility index (Phi) is 18.5. The number of hydrogen-bond acceptors (Lipinski definition) is 16. The number of aliphatic hydroxyl groups excluding tert-OH is 2. The molecule has 3 fully saturated rings. The molecule has 3 heterocycles. The third-order valence-corrected chi connectivity index (χ3v) is 11.2. The third-order valence-electron chi connectivity index (χ3n) is 11.2. The second-order valence-corrected chi connectivity index (χ2v) is 15.6. The minimum Gasteiger partial charge on any atom is -0.467 e. The van der Waals surface area contributed by atoms with E-state index in [-0.39, 0.29) is 25.3 Å². The molecule has 66 heavy (non-hydrogen) atoms. The summed E-state index contributed by atoms with van der Waals surface area (Å²) in [5.74, 6) is -3.82. The fourth-order valence-corrected chi connectivity index (χ4v) is 7.80. The van der Waals surface area contributed by atoms with Crippen molar-refractivity contribution in [2.24, 2.45) is 0 Å². The zero-order valence-corrected chi connectivity index (χ0v) is 36.5. The van der Waals surface area contributed by atoms with Crippen LogP contribution in [0.1, 0.15) is 51.8 Å². The number of carbonyl (C=O) groups is 6. The number of amides is 4. The molecule has 0 spiro atoms. The van der Waals surface area contributed by atoms with Crippen LogP contribution in [0.2, 0.25) is 0 Å². The van der Waals surface area contributed by atoms with Gasteiger partial charge in [-0.25, -0.2) is 9.59 Å². The zero-order chi connectivity index (χ0) is 47.0. The van der Waals surface area contributed by atoms with Crippen LogP contribution in [-0.4, -0.2) is 160 Å². The van der Waals surface area contributed by atoms with Crippen LogP contribution in [-0.2, 0) is 57.1 Å². The molecule has 20 nitrogen and oxygen atoms in total. The summed E-state index contributed by atoms with van der Waals surface area (Å²) < 4.78 is 45.7.